The number of nitrogens with two attached hydrogens (primary N) is 1. The summed E-state index contributed by atoms with van der Waals surface area (Å²) >= 11 is 0. The molecule has 16 heavy (non-hydrogen) atoms. The molecule has 0 saturated heterocycles. The van der Waals surface area contributed by atoms with E-state index in [1.807, 2.05) is 12.1 Å². The Morgan fingerprint density at radius 1 is 1.44 bits per heavy atom. The van der Waals surface area contributed by atoms with Crippen molar-refractivity contribution in [2.45, 2.75) is 45.6 Å². The van der Waals surface area contributed by atoms with Gasteiger partial charge in [0.05, 0.1) is 0 Å². The summed E-state index contributed by atoms with van der Waals surface area (Å²) in [6, 6.07) is 6.70. The van der Waals surface area contributed by atoms with Gasteiger partial charge in [-0.1, -0.05) is 25.8 Å². The maximum atomic E-state index is 5.82. The normalized spacial score (nSPS) is 17.1. The lowest BCUT2D eigenvalue weighted by atomic mass is 10.1. The minimum atomic E-state index is 0.605. The second-order valence-corrected chi connectivity index (χ2v) is 5.00. The molecule has 1 aromatic carbocycles. The van der Waals surface area contributed by atoms with E-state index in [2.05, 4.69) is 25.2 Å². The Hall–Kier alpha value is -1.18. The van der Waals surface area contributed by atoms with Crippen LogP contribution in [0.5, 0.6) is 0 Å². The van der Waals surface area contributed by atoms with Gasteiger partial charge in [0.1, 0.15) is 0 Å². The zero-order valence-corrected chi connectivity index (χ0v) is 10.3. The minimum absolute atomic E-state index is 0.605. The fourth-order valence-corrected chi connectivity index (χ4v) is 2.10. The number of nitrogen functional groups attached to an aromatic ring is 1. The number of aryl methyl sites for hydroxylation is 1. The van der Waals surface area contributed by atoms with Crippen molar-refractivity contribution in [2.24, 2.45) is 5.92 Å². The van der Waals surface area contributed by atoms with Gasteiger partial charge in [-0.3, -0.25) is 0 Å². The van der Waals surface area contributed by atoms with Crippen molar-refractivity contribution in [1.82, 2.24) is 0 Å². The van der Waals surface area contributed by atoms with Gasteiger partial charge in [0, 0.05) is 17.4 Å². The molecule has 1 saturated carbocycles. The maximum Gasteiger partial charge on any atom is 0.0392 e. The highest BCUT2D eigenvalue weighted by atomic mass is 14.9. The molecule has 2 nitrogen and oxygen atoms in total. The van der Waals surface area contributed by atoms with E-state index in [9.17, 15) is 0 Å². The molecule has 1 atom stereocenters. The van der Waals surface area contributed by atoms with Crippen molar-refractivity contribution in [3.63, 3.8) is 0 Å². The molecular formula is C14H22N2. The molecule has 1 aliphatic rings. The molecule has 1 aromatic rings. The van der Waals surface area contributed by atoms with E-state index in [-0.39, 0.29) is 0 Å². The van der Waals surface area contributed by atoms with Crippen LogP contribution in [-0.4, -0.2) is 6.04 Å². The topological polar surface area (TPSA) is 38.0 Å². The second-order valence-electron chi connectivity index (χ2n) is 5.00. The van der Waals surface area contributed by atoms with E-state index in [0.29, 0.717) is 6.04 Å². The molecule has 0 aliphatic heterocycles. The number of hydrogen-bond donors (Lipinski definition) is 2. The molecule has 2 rings (SSSR count). The van der Waals surface area contributed by atoms with Gasteiger partial charge < -0.3 is 11.1 Å². The Bertz CT molecular complexity index is 356. The molecule has 1 unspecified atom stereocenters. The molecular weight excluding hydrogens is 196 g/mol. The molecule has 0 amide bonds. The van der Waals surface area contributed by atoms with E-state index < -0.39 is 0 Å². The molecule has 0 bridgehead atoms. The van der Waals surface area contributed by atoms with Crippen molar-refractivity contribution < 1.29 is 0 Å². The van der Waals surface area contributed by atoms with Crippen LogP contribution in [0.3, 0.4) is 0 Å². The summed E-state index contributed by atoms with van der Waals surface area (Å²) in [6.07, 6.45) is 5.34. The Kier molecular flexibility index (Phi) is 3.37. The standard InChI is InChI=1S/C14H22N2/c1-3-13(8-11-5-6-11)16-14-9-12(15)7-4-10(14)2/h4,7,9,11,13,16H,3,5-6,8,15H2,1-2H3. The van der Waals surface area contributed by atoms with Gasteiger partial charge in [0.25, 0.3) is 0 Å². The van der Waals surface area contributed by atoms with E-state index in [1.54, 1.807) is 0 Å². The number of hydrogen-bond acceptors (Lipinski definition) is 2. The quantitative estimate of drug-likeness (QED) is 0.741. The predicted molar refractivity (Wildman–Crippen MR) is 70.6 cm³/mol. The first-order valence-corrected chi connectivity index (χ1v) is 6.31. The number of nitrogens with one attached hydrogen (secondary N) is 1. The molecule has 0 heterocycles. The molecule has 2 heteroatoms. The number of rotatable bonds is 5. The Morgan fingerprint density at radius 3 is 2.81 bits per heavy atom. The summed E-state index contributed by atoms with van der Waals surface area (Å²) in [4.78, 5) is 0. The zero-order valence-electron chi connectivity index (χ0n) is 10.3. The van der Waals surface area contributed by atoms with Gasteiger partial charge in [0.2, 0.25) is 0 Å². The largest absolute Gasteiger partial charge is 0.399 e. The highest BCUT2D eigenvalue weighted by Crippen LogP contribution is 2.35. The Balaban J connectivity index is 2.01. The van der Waals surface area contributed by atoms with Gasteiger partial charge >= 0.3 is 0 Å². The Labute approximate surface area is 98.2 Å². The van der Waals surface area contributed by atoms with Crippen molar-refractivity contribution in [3.8, 4) is 0 Å². The van der Waals surface area contributed by atoms with Gasteiger partial charge in [-0.05, 0) is 43.4 Å². The summed E-state index contributed by atoms with van der Waals surface area (Å²) in [7, 11) is 0. The molecule has 0 spiro atoms. The summed E-state index contributed by atoms with van der Waals surface area (Å²) < 4.78 is 0. The predicted octanol–water partition coefficient (Wildman–Crippen LogP) is 3.57. The van der Waals surface area contributed by atoms with Crippen molar-refractivity contribution in [1.29, 1.82) is 0 Å². The molecule has 0 aromatic heterocycles. The van der Waals surface area contributed by atoms with E-state index in [4.69, 9.17) is 5.73 Å². The van der Waals surface area contributed by atoms with Crippen LogP contribution in [0.25, 0.3) is 0 Å². The third-order valence-corrected chi connectivity index (χ3v) is 3.43. The number of anilines is 2. The van der Waals surface area contributed by atoms with E-state index in [1.165, 1.54) is 36.9 Å². The van der Waals surface area contributed by atoms with Crippen LogP contribution in [0.15, 0.2) is 18.2 Å². The fraction of sp³-hybridized carbons (Fsp3) is 0.571. The second kappa shape index (κ2) is 4.77. The van der Waals surface area contributed by atoms with Crippen LogP contribution in [0.2, 0.25) is 0 Å². The van der Waals surface area contributed by atoms with Crippen LogP contribution < -0.4 is 11.1 Å². The minimum Gasteiger partial charge on any atom is -0.399 e. The fourth-order valence-electron chi connectivity index (χ4n) is 2.10. The summed E-state index contributed by atoms with van der Waals surface area (Å²) in [6.45, 7) is 4.38. The van der Waals surface area contributed by atoms with Crippen LogP contribution in [-0.2, 0) is 0 Å². The highest BCUT2D eigenvalue weighted by molar-refractivity contribution is 5.59. The van der Waals surface area contributed by atoms with Crippen molar-refractivity contribution in [3.05, 3.63) is 23.8 Å². The van der Waals surface area contributed by atoms with Crippen molar-refractivity contribution >= 4 is 11.4 Å². The SMILES string of the molecule is CCC(CC1CC1)Nc1cc(N)ccc1C. The van der Waals surface area contributed by atoms with Crippen LogP contribution in [0.1, 0.15) is 38.2 Å². The molecule has 3 N–H and O–H groups in total. The van der Waals surface area contributed by atoms with Gasteiger partial charge in [-0.25, -0.2) is 0 Å². The van der Waals surface area contributed by atoms with E-state index >= 15 is 0 Å². The highest BCUT2D eigenvalue weighted by Gasteiger charge is 2.24. The van der Waals surface area contributed by atoms with Crippen molar-refractivity contribution in [2.75, 3.05) is 11.1 Å². The summed E-state index contributed by atoms with van der Waals surface area (Å²) in [5.74, 6) is 0.971. The maximum absolute atomic E-state index is 5.82. The third-order valence-electron chi connectivity index (χ3n) is 3.43. The average Bonchev–Trinajstić information content (AvgIpc) is 3.06. The number of benzene rings is 1. The van der Waals surface area contributed by atoms with E-state index in [0.717, 1.165) is 11.6 Å². The molecule has 1 aliphatic carbocycles. The zero-order chi connectivity index (χ0) is 11.5. The third kappa shape index (κ3) is 2.91. The lowest BCUT2D eigenvalue weighted by Gasteiger charge is -2.19. The van der Waals surface area contributed by atoms with Crippen LogP contribution in [0.4, 0.5) is 11.4 Å². The summed E-state index contributed by atoms with van der Waals surface area (Å²) in [5, 5.41) is 3.63. The first-order chi connectivity index (χ1) is 7.69. The molecule has 1 fully saturated rings. The van der Waals surface area contributed by atoms with Crippen LogP contribution >= 0.6 is 0 Å². The lowest BCUT2D eigenvalue weighted by Crippen LogP contribution is -2.19. The average molecular weight is 218 g/mol. The molecule has 0 radical (unpaired) electrons. The first-order valence-electron chi connectivity index (χ1n) is 6.31. The van der Waals surface area contributed by atoms with Gasteiger partial charge in [-0.15, -0.1) is 0 Å². The lowest BCUT2D eigenvalue weighted by molar-refractivity contribution is 0.586. The molecule has 88 valence electrons. The van der Waals surface area contributed by atoms with Crippen LogP contribution in [0, 0.1) is 12.8 Å². The van der Waals surface area contributed by atoms with Gasteiger partial charge in [-0.2, -0.15) is 0 Å². The monoisotopic (exact) mass is 218 g/mol. The smallest absolute Gasteiger partial charge is 0.0392 e. The summed E-state index contributed by atoms with van der Waals surface area (Å²) in [5.41, 5.74) is 9.14. The van der Waals surface area contributed by atoms with Gasteiger partial charge in [0.15, 0.2) is 0 Å². The first kappa shape index (κ1) is 11.3. The Morgan fingerprint density at radius 2 is 2.19 bits per heavy atom.